The van der Waals surface area contributed by atoms with Gasteiger partial charge < -0.3 is 11.1 Å². The van der Waals surface area contributed by atoms with Crippen LogP contribution in [0, 0.1) is 11.8 Å². The van der Waals surface area contributed by atoms with E-state index in [1.54, 1.807) is 6.92 Å². The summed E-state index contributed by atoms with van der Waals surface area (Å²) in [7, 11) is 0. The topological polar surface area (TPSA) is 38.0 Å². The van der Waals surface area contributed by atoms with Crippen LogP contribution in [-0.2, 0) is 6.18 Å². The number of rotatable bonds is 5. The molecule has 0 heterocycles. The van der Waals surface area contributed by atoms with Crippen molar-refractivity contribution in [2.24, 2.45) is 5.73 Å². The Balaban J connectivity index is 2.68. The number of benzene rings is 1. The molecule has 0 saturated carbocycles. The van der Waals surface area contributed by atoms with Crippen LogP contribution < -0.4 is 11.1 Å². The predicted molar refractivity (Wildman–Crippen MR) is 69.3 cm³/mol. The van der Waals surface area contributed by atoms with Crippen LogP contribution in [0.15, 0.2) is 24.3 Å². The summed E-state index contributed by atoms with van der Waals surface area (Å²) in [6.07, 6.45) is -3.62. The first kappa shape index (κ1) is 15.5. The summed E-state index contributed by atoms with van der Waals surface area (Å²) in [5.74, 6) is 5.68. The van der Waals surface area contributed by atoms with Crippen LogP contribution in [0.1, 0.15) is 30.5 Å². The largest absolute Gasteiger partial charge is 0.416 e. The predicted octanol–water partition coefficient (Wildman–Crippen LogP) is 2.71. The normalized spacial score (nSPS) is 12.7. The zero-order chi connectivity index (χ0) is 14.3. The van der Waals surface area contributed by atoms with E-state index < -0.39 is 11.7 Å². The molecule has 2 nitrogen and oxygen atoms in total. The minimum Gasteiger partial charge on any atom is -0.329 e. The third-order valence-corrected chi connectivity index (χ3v) is 2.69. The number of hydrogen-bond donors (Lipinski definition) is 2. The lowest BCUT2D eigenvalue weighted by Gasteiger charge is -2.17. The van der Waals surface area contributed by atoms with Gasteiger partial charge in [0.15, 0.2) is 0 Å². The Morgan fingerprint density at radius 3 is 2.37 bits per heavy atom. The van der Waals surface area contributed by atoms with Crippen molar-refractivity contribution in [3.05, 3.63) is 35.4 Å². The first-order valence-electron chi connectivity index (χ1n) is 5.99. The molecule has 0 aliphatic heterocycles. The number of hydrogen-bond acceptors (Lipinski definition) is 2. The van der Waals surface area contributed by atoms with E-state index in [4.69, 9.17) is 5.73 Å². The Labute approximate surface area is 111 Å². The van der Waals surface area contributed by atoms with Crippen LogP contribution in [0.25, 0.3) is 0 Å². The minimum atomic E-state index is -4.30. The van der Waals surface area contributed by atoms with Crippen LogP contribution in [0.5, 0.6) is 0 Å². The molecule has 0 aliphatic carbocycles. The van der Waals surface area contributed by atoms with Gasteiger partial charge in [-0.1, -0.05) is 12.1 Å². The van der Waals surface area contributed by atoms with Gasteiger partial charge in [0.2, 0.25) is 0 Å². The van der Waals surface area contributed by atoms with Gasteiger partial charge in [-0.3, -0.25) is 0 Å². The second kappa shape index (κ2) is 7.17. The maximum Gasteiger partial charge on any atom is 0.416 e. The van der Waals surface area contributed by atoms with Crippen molar-refractivity contribution < 1.29 is 13.2 Å². The van der Waals surface area contributed by atoms with Crippen LogP contribution in [0.4, 0.5) is 13.2 Å². The standard InChI is InChI=1S/C14H17F3N2/c1-2-3-4-9-19-13(10-18)11-5-7-12(8-6-11)14(15,16)17/h5-8,13,19H,4,9-10,18H2,1H3. The molecule has 1 aromatic rings. The van der Waals surface area contributed by atoms with E-state index >= 15 is 0 Å². The highest BCUT2D eigenvalue weighted by Gasteiger charge is 2.30. The zero-order valence-corrected chi connectivity index (χ0v) is 10.7. The fourth-order valence-electron chi connectivity index (χ4n) is 1.68. The first-order valence-corrected chi connectivity index (χ1v) is 5.99. The molecule has 1 aromatic carbocycles. The van der Waals surface area contributed by atoms with Crippen LogP contribution in [0.3, 0.4) is 0 Å². The second-order valence-electron chi connectivity index (χ2n) is 4.04. The van der Waals surface area contributed by atoms with Gasteiger partial charge in [-0.2, -0.15) is 13.2 Å². The molecule has 5 heteroatoms. The zero-order valence-electron chi connectivity index (χ0n) is 10.7. The summed E-state index contributed by atoms with van der Waals surface area (Å²) in [4.78, 5) is 0. The quantitative estimate of drug-likeness (QED) is 0.637. The number of alkyl halides is 3. The van der Waals surface area contributed by atoms with Crippen molar-refractivity contribution in [1.82, 2.24) is 5.32 Å². The summed E-state index contributed by atoms with van der Waals surface area (Å²) in [5.41, 5.74) is 5.72. The maximum absolute atomic E-state index is 12.4. The number of halogens is 3. The van der Waals surface area contributed by atoms with Gasteiger partial charge in [-0.15, -0.1) is 11.8 Å². The number of nitrogens with one attached hydrogen (secondary N) is 1. The fourth-order valence-corrected chi connectivity index (χ4v) is 1.68. The van der Waals surface area contributed by atoms with Crippen molar-refractivity contribution in [2.75, 3.05) is 13.1 Å². The molecule has 3 N–H and O–H groups in total. The lowest BCUT2D eigenvalue weighted by Crippen LogP contribution is -2.28. The van der Waals surface area contributed by atoms with Crippen molar-refractivity contribution >= 4 is 0 Å². The summed E-state index contributed by atoms with van der Waals surface area (Å²) >= 11 is 0. The molecule has 0 radical (unpaired) electrons. The molecular weight excluding hydrogens is 253 g/mol. The molecule has 0 aromatic heterocycles. The fraction of sp³-hybridized carbons (Fsp3) is 0.429. The minimum absolute atomic E-state index is 0.152. The lowest BCUT2D eigenvalue weighted by molar-refractivity contribution is -0.137. The second-order valence-corrected chi connectivity index (χ2v) is 4.04. The molecule has 104 valence electrons. The van der Waals surface area contributed by atoms with Crippen molar-refractivity contribution in [2.45, 2.75) is 25.6 Å². The molecule has 0 aliphatic rings. The highest BCUT2D eigenvalue weighted by molar-refractivity contribution is 5.27. The third kappa shape index (κ3) is 4.93. The molecule has 1 rings (SSSR count). The van der Waals surface area contributed by atoms with Crippen molar-refractivity contribution in [3.63, 3.8) is 0 Å². The van der Waals surface area contributed by atoms with Gasteiger partial charge in [0.1, 0.15) is 0 Å². The third-order valence-electron chi connectivity index (χ3n) is 2.69. The van der Waals surface area contributed by atoms with E-state index in [1.165, 1.54) is 12.1 Å². The van der Waals surface area contributed by atoms with E-state index in [9.17, 15) is 13.2 Å². The summed E-state index contributed by atoms with van der Waals surface area (Å²) < 4.78 is 37.3. The van der Waals surface area contributed by atoms with Gasteiger partial charge in [-0.05, 0) is 24.6 Å². The summed E-state index contributed by atoms with van der Waals surface area (Å²) in [5, 5.41) is 3.17. The molecule has 19 heavy (non-hydrogen) atoms. The van der Waals surface area contributed by atoms with Gasteiger partial charge in [0.25, 0.3) is 0 Å². The molecule has 1 unspecified atom stereocenters. The van der Waals surface area contributed by atoms with Crippen LogP contribution >= 0.6 is 0 Å². The average molecular weight is 270 g/mol. The smallest absolute Gasteiger partial charge is 0.329 e. The molecule has 1 atom stereocenters. The summed E-state index contributed by atoms with van der Waals surface area (Å²) in [6.45, 7) is 2.74. The van der Waals surface area contributed by atoms with Crippen molar-refractivity contribution in [1.29, 1.82) is 0 Å². The molecule has 0 saturated heterocycles. The molecule has 0 fully saturated rings. The highest BCUT2D eigenvalue weighted by Crippen LogP contribution is 2.29. The van der Waals surface area contributed by atoms with E-state index in [1.807, 2.05) is 0 Å². The van der Waals surface area contributed by atoms with E-state index in [0.717, 1.165) is 17.7 Å². The lowest BCUT2D eigenvalue weighted by atomic mass is 10.0. The molecule has 0 spiro atoms. The molecule has 0 bridgehead atoms. The maximum atomic E-state index is 12.4. The first-order chi connectivity index (χ1) is 8.99. The summed E-state index contributed by atoms with van der Waals surface area (Å²) in [6, 6.07) is 4.91. The molecular formula is C14H17F3N2. The molecule has 0 amide bonds. The van der Waals surface area contributed by atoms with Crippen molar-refractivity contribution in [3.8, 4) is 11.8 Å². The SMILES string of the molecule is CC#CCCNC(CN)c1ccc(C(F)(F)F)cc1. The van der Waals surface area contributed by atoms with E-state index in [0.29, 0.717) is 19.5 Å². The highest BCUT2D eigenvalue weighted by atomic mass is 19.4. The Morgan fingerprint density at radius 1 is 1.26 bits per heavy atom. The number of nitrogens with two attached hydrogens (primary N) is 1. The van der Waals surface area contributed by atoms with Crippen LogP contribution in [0.2, 0.25) is 0 Å². The van der Waals surface area contributed by atoms with Gasteiger partial charge >= 0.3 is 6.18 Å². The van der Waals surface area contributed by atoms with E-state index in [2.05, 4.69) is 17.2 Å². The monoisotopic (exact) mass is 270 g/mol. The van der Waals surface area contributed by atoms with Gasteiger partial charge in [0, 0.05) is 25.6 Å². The van der Waals surface area contributed by atoms with E-state index in [-0.39, 0.29) is 6.04 Å². The average Bonchev–Trinajstić information content (AvgIpc) is 2.38. The van der Waals surface area contributed by atoms with Gasteiger partial charge in [0.05, 0.1) is 5.56 Å². The van der Waals surface area contributed by atoms with Gasteiger partial charge in [-0.25, -0.2) is 0 Å². The Hall–Kier alpha value is -1.51. The Morgan fingerprint density at radius 2 is 1.89 bits per heavy atom. The Bertz CT molecular complexity index is 440. The van der Waals surface area contributed by atoms with Crippen LogP contribution in [-0.4, -0.2) is 13.1 Å². The Kier molecular flexibility index (Phi) is 5.87.